The molecule has 7 nitrogen and oxygen atoms in total. The minimum atomic E-state index is -3.76. The Hall–Kier alpha value is -2.65. The van der Waals surface area contributed by atoms with Gasteiger partial charge in [0, 0.05) is 11.8 Å². The minimum absolute atomic E-state index is 0.0639. The van der Waals surface area contributed by atoms with Crippen molar-refractivity contribution in [3.8, 4) is 11.5 Å². The molecule has 1 aliphatic rings. The lowest BCUT2D eigenvalue weighted by atomic mass is 10.2. The number of ether oxygens (including phenoxy) is 3. The number of amides is 1. The van der Waals surface area contributed by atoms with E-state index < -0.39 is 24.3 Å². The molecule has 1 aromatic heterocycles. The molecule has 2 heterocycles. The molecule has 0 saturated carbocycles. The summed E-state index contributed by atoms with van der Waals surface area (Å²) in [6.07, 6.45) is -4.98. The van der Waals surface area contributed by atoms with E-state index in [2.05, 4.69) is 19.8 Å². The van der Waals surface area contributed by atoms with Crippen LogP contribution in [0.3, 0.4) is 0 Å². The molecular formula is C16H10Cl2F2N2O5. The summed E-state index contributed by atoms with van der Waals surface area (Å²) in [7, 11) is 0. The number of fused-ring (bicyclic) bond motifs is 1. The van der Waals surface area contributed by atoms with E-state index in [9.17, 15) is 18.4 Å². The van der Waals surface area contributed by atoms with E-state index in [4.69, 9.17) is 27.9 Å². The number of nitrogens with zero attached hydrogens (tertiary/aromatic N) is 1. The zero-order valence-corrected chi connectivity index (χ0v) is 15.0. The van der Waals surface area contributed by atoms with E-state index in [-0.39, 0.29) is 33.1 Å². The van der Waals surface area contributed by atoms with E-state index >= 15 is 0 Å². The van der Waals surface area contributed by atoms with Crippen LogP contribution in [0.2, 0.25) is 10.3 Å². The van der Waals surface area contributed by atoms with Crippen LogP contribution in [0, 0.1) is 0 Å². The summed E-state index contributed by atoms with van der Waals surface area (Å²) in [5.41, 5.74) is 0.0835. The molecule has 0 spiro atoms. The smallest absolute Gasteiger partial charge is 0.449 e. The van der Waals surface area contributed by atoms with Crippen molar-refractivity contribution < 1.29 is 32.6 Å². The van der Waals surface area contributed by atoms with Crippen molar-refractivity contribution in [2.45, 2.75) is 19.3 Å². The molecule has 3 rings (SSSR count). The summed E-state index contributed by atoms with van der Waals surface area (Å²) in [5.74, 6) is -1.98. The standard InChI is InChI=1S/C16H10Cl2F2N2O5/c1-7(25-15(24)9-3-5-12(17)22-13(9)18)14(23)21-8-2-4-10-11(6-8)27-16(19,20)26-10/h2-7H,1H3,(H,21,23)/t7-/m1/s1. The third-order valence-electron chi connectivity index (χ3n) is 3.36. The number of anilines is 1. The highest BCUT2D eigenvalue weighted by atomic mass is 35.5. The molecule has 0 radical (unpaired) electrons. The van der Waals surface area contributed by atoms with Crippen LogP contribution in [0.15, 0.2) is 30.3 Å². The molecule has 142 valence electrons. The fourth-order valence-corrected chi connectivity index (χ4v) is 2.53. The summed E-state index contributed by atoms with van der Waals surface area (Å²) in [5, 5.41) is 2.34. The van der Waals surface area contributed by atoms with E-state index in [0.29, 0.717) is 0 Å². The highest BCUT2D eigenvalue weighted by molar-refractivity contribution is 6.34. The van der Waals surface area contributed by atoms with Gasteiger partial charge in [-0.25, -0.2) is 9.78 Å². The molecule has 1 N–H and O–H groups in total. The molecule has 1 aliphatic heterocycles. The number of hydrogen-bond acceptors (Lipinski definition) is 6. The first-order chi connectivity index (χ1) is 12.6. The van der Waals surface area contributed by atoms with E-state index in [0.717, 1.165) is 6.07 Å². The van der Waals surface area contributed by atoms with Crippen LogP contribution >= 0.6 is 23.2 Å². The second-order valence-corrected chi connectivity index (χ2v) is 6.08. The number of pyridine rings is 1. The summed E-state index contributed by atoms with van der Waals surface area (Å²) < 4.78 is 39.6. The van der Waals surface area contributed by atoms with Crippen molar-refractivity contribution in [1.29, 1.82) is 0 Å². The fourth-order valence-electron chi connectivity index (χ4n) is 2.11. The van der Waals surface area contributed by atoms with Crippen LogP contribution in [0.5, 0.6) is 11.5 Å². The van der Waals surface area contributed by atoms with Gasteiger partial charge in [0.05, 0.1) is 5.56 Å². The van der Waals surface area contributed by atoms with Gasteiger partial charge in [-0.1, -0.05) is 23.2 Å². The number of hydrogen-bond donors (Lipinski definition) is 1. The summed E-state index contributed by atoms with van der Waals surface area (Å²) >= 11 is 11.5. The number of esters is 1. The van der Waals surface area contributed by atoms with Crippen molar-refractivity contribution in [1.82, 2.24) is 4.98 Å². The number of alkyl halides is 2. The van der Waals surface area contributed by atoms with Gasteiger partial charge < -0.3 is 19.5 Å². The third kappa shape index (κ3) is 4.37. The lowest BCUT2D eigenvalue weighted by molar-refractivity contribution is -0.286. The predicted octanol–water partition coefficient (Wildman–Crippen LogP) is 3.89. The van der Waals surface area contributed by atoms with Crippen LogP contribution < -0.4 is 14.8 Å². The van der Waals surface area contributed by atoms with E-state index in [1.54, 1.807) is 0 Å². The molecule has 27 heavy (non-hydrogen) atoms. The second kappa shape index (κ2) is 7.16. The van der Waals surface area contributed by atoms with Crippen LogP contribution in [-0.4, -0.2) is 29.3 Å². The maximum Gasteiger partial charge on any atom is 0.586 e. The number of halogens is 4. The van der Waals surface area contributed by atoms with E-state index in [1.807, 2.05) is 0 Å². The molecule has 0 fully saturated rings. The molecule has 0 saturated heterocycles. The van der Waals surface area contributed by atoms with Crippen molar-refractivity contribution in [3.05, 3.63) is 46.2 Å². The first-order valence-corrected chi connectivity index (χ1v) is 8.14. The molecule has 0 unspecified atom stereocenters. The third-order valence-corrected chi connectivity index (χ3v) is 3.86. The number of rotatable bonds is 4. The highest BCUT2D eigenvalue weighted by Crippen LogP contribution is 2.42. The van der Waals surface area contributed by atoms with Gasteiger partial charge in [-0.3, -0.25) is 4.79 Å². The van der Waals surface area contributed by atoms with Crippen LogP contribution in [0.25, 0.3) is 0 Å². The zero-order valence-electron chi connectivity index (χ0n) is 13.5. The van der Waals surface area contributed by atoms with Gasteiger partial charge in [-0.15, -0.1) is 8.78 Å². The van der Waals surface area contributed by atoms with Gasteiger partial charge in [-0.2, -0.15) is 0 Å². The van der Waals surface area contributed by atoms with Crippen molar-refractivity contribution in [2.24, 2.45) is 0 Å². The van der Waals surface area contributed by atoms with Crippen molar-refractivity contribution in [3.63, 3.8) is 0 Å². The second-order valence-electron chi connectivity index (χ2n) is 5.34. The summed E-state index contributed by atoms with van der Waals surface area (Å²) in [6, 6.07) is 6.35. The lowest BCUT2D eigenvalue weighted by Crippen LogP contribution is -2.30. The predicted molar refractivity (Wildman–Crippen MR) is 90.4 cm³/mol. The number of carbonyl (C=O) groups excluding carboxylic acids is 2. The van der Waals surface area contributed by atoms with Gasteiger partial charge in [0.2, 0.25) is 0 Å². The Kier molecular flexibility index (Phi) is 5.07. The molecule has 11 heteroatoms. The molecule has 1 amide bonds. The van der Waals surface area contributed by atoms with Crippen LogP contribution in [-0.2, 0) is 9.53 Å². The summed E-state index contributed by atoms with van der Waals surface area (Å²) in [4.78, 5) is 27.9. The van der Waals surface area contributed by atoms with Gasteiger partial charge in [0.1, 0.15) is 10.3 Å². The first-order valence-electron chi connectivity index (χ1n) is 7.38. The summed E-state index contributed by atoms with van der Waals surface area (Å²) in [6.45, 7) is 1.33. The van der Waals surface area contributed by atoms with Crippen molar-refractivity contribution in [2.75, 3.05) is 5.32 Å². The highest BCUT2D eigenvalue weighted by Gasteiger charge is 2.43. The first kappa shape index (κ1) is 19.1. The number of nitrogens with one attached hydrogen (secondary N) is 1. The maximum absolute atomic E-state index is 13.0. The minimum Gasteiger partial charge on any atom is -0.449 e. The van der Waals surface area contributed by atoms with Gasteiger partial charge >= 0.3 is 12.3 Å². The molecule has 1 aromatic carbocycles. The Balaban J connectivity index is 1.64. The molecular weight excluding hydrogens is 409 g/mol. The normalized spacial score (nSPS) is 15.1. The van der Waals surface area contributed by atoms with Crippen LogP contribution in [0.1, 0.15) is 17.3 Å². The zero-order chi connectivity index (χ0) is 19.8. The van der Waals surface area contributed by atoms with Gasteiger partial charge in [0.15, 0.2) is 17.6 Å². The Morgan fingerprint density at radius 2 is 1.89 bits per heavy atom. The molecule has 2 aromatic rings. The molecule has 1 atom stereocenters. The quantitative estimate of drug-likeness (QED) is 0.598. The fraction of sp³-hybridized carbons (Fsp3) is 0.188. The van der Waals surface area contributed by atoms with Crippen LogP contribution in [0.4, 0.5) is 14.5 Å². The van der Waals surface area contributed by atoms with Crippen molar-refractivity contribution >= 4 is 40.8 Å². The largest absolute Gasteiger partial charge is 0.586 e. The Morgan fingerprint density at radius 3 is 2.59 bits per heavy atom. The topological polar surface area (TPSA) is 86.8 Å². The van der Waals surface area contributed by atoms with Gasteiger partial charge in [-0.05, 0) is 31.2 Å². The Bertz CT molecular complexity index is 926. The average molecular weight is 419 g/mol. The maximum atomic E-state index is 13.0. The Morgan fingerprint density at radius 1 is 1.19 bits per heavy atom. The number of benzene rings is 1. The SMILES string of the molecule is C[C@@H](OC(=O)c1ccc(Cl)nc1Cl)C(=O)Nc1ccc2c(c1)OC(F)(F)O2. The van der Waals surface area contributed by atoms with E-state index in [1.165, 1.54) is 31.2 Å². The average Bonchev–Trinajstić information content (AvgIpc) is 2.87. The Labute approximate surface area is 161 Å². The lowest BCUT2D eigenvalue weighted by Gasteiger charge is -2.14. The van der Waals surface area contributed by atoms with Gasteiger partial charge in [0.25, 0.3) is 5.91 Å². The number of carbonyl (C=O) groups is 2. The molecule has 0 bridgehead atoms. The number of aromatic nitrogens is 1. The monoisotopic (exact) mass is 418 g/mol. The molecule has 0 aliphatic carbocycles.